The van der Waals surface area contributed by atoms with E-state index in [1.54, 1.807) is 12.1 Å². The van der Waals surface area contributed by atoms with Gasteiger partial charge in [-0.1, -0.05) is 18.6 Å². The summed E-state index contributed by atoms with van der Waals surface area (Å²) < 4.78 is 13.3. The Morgan fingerprint density at radius 2 is 1.78 bits per heavy atom. The number of aromatic nitrogens is 2. The molecule has 1 fully saturated rings. The second-order valence-corrected chi connectivity index (χ2v) is 6.13. The Balaban J connectivity index is 2.13. The molecule has 0 aliphatic carbocycles. The highest BCUT2D eigenvalue weighted by molar-refractivity contribution is 7.71. The Morgan fingerprint density at radius 1 is 1.13 bits per heavy atom. The number of hydrogen-bond donors (Lipinski definition) is 3. The molecule has 0 bridgehead atoms. The van der Waals surface area contributed by atoms with Crippen molar-refractivity contribution < 1.29 is 9.50 Å². The maximum atomic E-state index is 13.3. The summed E-state index contributed by atoms with van der Waals surface area (Å²) in [4.78, 5) is 19.6. The first-order valence-corrected chi connectivity index (χ1v) is 8.02. The molecule has 1 aromatic heterocycles. The van der Waals surface area contributed by atoms with E-state index in [9.17, 15) is 14.3 Å². The van der Waals surface area contributed by atoms with Crippen molar-refractivity contribution in [3.05, 3.63) is 56.3 Å². The van der Waals surface area contributed by atoms with E-state index in [0.717, 1.165) is 37.9 Å². The zero-order valence-corrected chi connectivity index (χ0v) is 13.3. The van der Waals surface area contributed by atoms with Crippen molar-refractivity contribution >= 4 is 12.2 Å². The first-order chi connectivity index (χ1) is 11.1. The van der Waals surface area contributed by atoms with Crippen molar-refractivity contribution in [2.45, 2.75) is 25.3 Å². The summed E-state index contributed by atoms with van der Waals surface area (Å²) in [6.07, 6.45) is 3.20. The number of aromatic amines is 2. The van der Waals surface area contributed by atoms with Gasteiger partial charge in [0.2, 0.25) is 5.88 Å². The van der Waals surface area contributed by atoms with Gasteiger partial charge in [-0.05, 0) is 55.8 Å². The van der Waals surface area contributed by atoms with Crippen LogP contribution < -0.4 is 5.56 Å². The molecule has 0 saturated carbocycles. The van der Waals surface area contributed by atoms with Crippen LogP contribution in [0.2, 0.25) is 0 Å². The Kier molecular flexibility index (Phi) is 4.58. The van der Waals surface area contributed by atoms with E-state index in [2.05, 4.69) is 14.9 Å². The monoisotopic (exact) mass is 335 g/mol. The summed E-state index contributed by atoms with van der Waals surface area (Å²) in [5.74, 6) is -0.574. The third kappa shape index (κ3) is 3.35. The number of rotatable bonds is 3. The van der Waals surface area contributed by atoms with E-state index >= 15 is 0 Å². The van der Waals surface area contributed by atoms with E-state index in [4.69, 9.17) is 12.2 Å². The second kappa shape index (κ2) is 6.64. The normalized spacial score (nSPS) is 17.1. The summed E-state index contributed by atoms with van der Waals surface area (Å²) in [5.41, 5.74) is 0.554. The highest BCUT2D eigenvalue weighted by atomic mass is 32.1. The smallest absolute Gasteiger partial charge is 0.260 e. The molecule has 2 aromatic rings. The summed E-state index contributed by atoms with van der Waals surface area (Å²) in [6, 6.07) is 5.58. The first-order valence-electron chi connectivity index (χ1n) is 7.61. The molecule has 1 aliphatic heterocycles. The fourth-order valence-corrected chi connectivity index (χ4v) is 3.31. The summed E-state index contributed by atoms with van der Waals surface area (Å²) in [6.45, 7) is 1.63. The van der Waals surface area contributed by atoms with Gasteiger partial charge in [0.1, 0.15) is 5.82 Å². The van der Waals surface area contributed by atoms with E-state index < -0.39 is 11.6 Å². The van der Waals surface area contributed by atoms with Crippen LogP contribution in [0.25, 0.3) is 0 Å². The number of hydrogen-bond acceptors (Lipinski definition) is 4. The minimum atomic E-state index is -0.438. The predicted octanol–water partition coefficient (Wildman–Crippen LogP) is 2.85. The van der Waals surface area contributed by atoms with Gasteiger partial charge >= 0.3 is 0 Å². The van der Waals surface area contributed by atoms with Gasteiger partial charge < -0.3 is 10.1 Å². The van der Waals surface area contributed by atoms with Crippen molar-refractivity contribution in [1.82, 2.24) is 14.9 Å². The van der Waals surface area contributed by atoms with Crippen LogP contribution >= 0.6 is 12.2 Å². The Bertz CT molecular complexity index is 794. The van der Waals surface area contributed by atoms with Crippen molar-refractivity contribution in [3.63, 3.8) is 0 Å². The third-order valence-electron chi connectivity index (χ3n) is 4.17. The van der Waals surface area contributed by atoms with Crippen molar-refractivity contribution in [3.8, 4) is 5.88 Å². The Labute approximate surface area is 137 Å². The van der Waals surface area contributed by atoms with Crippen LogP contribution in [0.5, 0.6) is 5.88 Å². The SMILES string of the molecule is O=c1[nH]c(=S)[nH]c(O)c1C(c1ccc(F)cc1)N1CCCCC1. The lowest BCUT2D eigenvalue weighted by Crippen LogP contribution is -2.37. The van der Waals surface area contributed by atoms with Crippen molar-refractivity contribution in [2.75, 3.05) is 13.1 Å². The van der Waals surface area contributed by atoms with Crippen LogP contribution in [-0.2, 0) is 0 Å². The maximum Gasteiger partial charge on any atom is 0.260 e. The van der Waals surface area contributed by atoms with Crippen LogP contribution in [0, 0.1) is 10.6 Å². The number of likely N-dealkylation sites (tertiary alicyclic amines) is 1. The van der Waals surface area contributed by atoms with Crippen LogP contribution in [-0.4, -0.2) is 33.1 Å². The van der Waals surface area contributed by atoms with Gasteiger partial charge in [-0.2, -0.15) is 0 Å². The molecular formula is C16H18FN3O2S. The Hall–Kier alpha value is -1.99. The molecule has 23 heavy (non-hydrogen) atoms. The molecule has 1 saturated heterocycles. The highest BCUT2D eigenvalue weighted by Gasteiger charge is 2.29. The molecule has 1 aliphatic rings. The van der Waals surface area contributed by atoms with Crippen molar-refractivity contribution in [2.24, 2.45) is 0 Å². The van der Waals surface area contributed by atoms with E-state index in [0.29, 0.717) is 0 Å². The minimum absolute atomic E-state index is 0.0766. The summed E-state index contributed by atoms with van der Waals surface area (Å²) in [5, 5.41) is 10.2. The first kappa shape index (κ1) is 15.9. The van der Waals surface area contributed by atoms with Gasteiger partial charge in [0.25, 0.3) is 5.56 Å². The topological polar surface area (TPSA) is 72.1 Å². The largest absolute Gasteiger partial charge is 0.494 e. The predicted molar refractivity (Wildman–Crippen MR) is 87.6 cm³/mol. The number of aromatic hydroxyl groups is 1. The van der Waals surface area contributed by atoms with Crippen LogP contribution in [0.3, 0.4) is 0 Å². The van der Waals surface area contributed by atoms with Crippen LogP contribution in [0.15, 0.2) is 29.1 Å². The zero-order valence-electron chi connectivity index (χ0n) is 12.5. The number of benzene rings is 1. The second-order valence-electron chi connectivity index (χ2n) is 5.72. The fourth-order valence-electron chi connectivity index (χ4n) is 3.12. The number of halogens is 1. The molecule has 2 heterocycles. The van der Waals surface area contributed by atoms with Gasteiger partial charge in [-0.3, -0.25) is 14.7 Å². The summed E-state index contributed by atoms with van der Waals surface area (Å²) in [7, 11) is 0. The molecule has 7 heteroatoms. The maximum absolute atomic E-state index is 13.3. The van der Waals surface area contributed by atoms with Crippen molar-refractivity contribution in [1.29, 1.82) is 0 Å². The number of nitrogens with zero attached hydrogens (tertiary/aromatic N) is 1. The molecule has 3 N–H and O–H groups in total. The van der Waals surface area contributed by atoms with Gasteiger partial charge in [-0.25, -0.2) is 4.39 Å². The van der Waals surface area contributed by atoms with E-state index in [-0.39, 0.29) is 22.0 Å². The fraction of sp³-hybridized carbons (Fsp3) is 0.375. The summed E-state index contributed by atoms with van der Waals surface area (Å²) >= 11 is 4.89. The molecule has 1 unspecified atom stereocenters. The van der Waals surface area contributed by atoms with Gasteiger partial charge in [0.15, 0.2) is 4.77 Å². The van der Waals surface area contributed by atoms with Crippen LogP contribution in [0.1, 0.15) is 36.4 Å². The number of nitrogens with one attached hydrogen (secondary N) is 2. The number of piperidine rings is 1. The average Bonchev–Trinajstić information content (AvgIpc) is 2.53. The van der Waals surface area contributed by atoms with Crippen LogP contribution in [0.4, 0.5) is 4.39 Å². The molecule has 5 nitrogen and oxygen atoms in total. The Morgan fingerprint density at radius 3 is 2.39 bits per heavy atom. The highest BCUT2D eigenvalue weighted by Crippen LogP contribution is 2.32. The van der Waals surface area contributed by atoms with Gasteiger partial charge in [0.05, 0.1) is 11.6 Å². The standard InChI is InChI=1S/C16H18FN3O2S/c17-11-6-4-10(5-7-11)13(20-8-2-1-3-9-20)12-14(21)18-16(23)19-15(12)22/h4-7,13H,1-3,8-9H2,(H3,18,19,21,22,23). The quantitative estimate of drug-likeness (QED) is 0.754. The molecule has 1 atom stereocenters. The third-order valence-corrected chi connectivity index (χ3v) is 4.38. The lowest BCUT2D eigenvalue weighted by Gasteiger charge is -2.34. The molecule has 1 aromatic carbocycles. The molecule has 0 radical (unpaired) electrons. The zero-order chi connectivity index (χ0) is 16.4. The lowest BCUT2D eigenvalue weighted by atomic mass is 9.96. The molecule has 122 valence electrons. The molecular weight excluding hydrogens is 317 g/mol. The lowest BCUT2D eigenvalue weighted by molar-refractivity contribution is 0.183. The average molecular weight is 335 g/mol. The van der Waals surface area contributed by atoms with Gasteiger partial charge in [0, 0.05) is 0 Å². The van der Waals surface area contributed by atoms with E-state index in [1.807, 2.05) is 0 Å². The molecule has 3 rings (SSSR count). The minimum Gasteiger partial charge on any atom is -0.494 e. The molecule has 0 amide bonds. The van der Waals surface area contributed by atoms with E-state index in [1.165, 1.54) is 12.1 Å². The molecule has 0 spiro atoms. The van der Waals surface area contributed by atoms with Gasteiger partial charge in [-0.15, -0.1) is 0 Å². The number of H-pyrrole nitrogens is 2.